The molecule has 0 aliphatic heterocycles. The molecular weight excluding hydrogens is 312 g/mol. The van der Waals surface area contributed by atoms with Gasteiger partial charge in [0.1, 0.15) is 0 Å². The number of nitrogens with zero attached hydrogens (tertiary/aromatic N) is 3. The summed E-state index contributed by atoms with van der Waals surface area (Å²) in [6.07, 6.45) is 3.71. The Kier molecular flexibility index (Phi) is 5.14. The third-order valence-corrected chi connectivity index (χ3v) is 4.00. The highest BCUT2D eigenvalue weighted by molar-refractivity contribution is 5.95. The summed E-state index contributed by atoms with van der Waals surface area (Å²) in [5.74, 6) is -0.0654. The number of hydrogen-bond donors (Lipinski definition) is 1. The number of benzene rings is 2. The van der Waals surface area contributed by atoms with Crippen LogP contribution >= 0.6 is 0 Å². The molecule has 0 fully saturated rings. The molecule has 128 valence electrons. The van der Waals surface area contributed by atoms with E-state index in [2.05, 4.69) is 22.5 Å². The Labute approximate surface area is 147 Å². The zero-order valence-corrected chi connectivity index (χ0v) is 14.5. The zero-order valence-electron chi connectivity index (χ0n) is 14.5. The average molecular weight is 334 g/mol. The van der Waals surface area contributed by atoms with Gasteiger partial charge in [-0.15, -0.1) is 0 Å². The Morgan fingerprint density at radius 2 is 1.84 bits per heavy atom. The number of aromatic nitrogens is 2. The van der Waals surface area contributed by atoms with Crippen LogP contribution in [-0.4, -0.2) is 29.8 Å². The highest BCUT2D eigenvalue weighted by Crippen LogP contribution is 2.13. The van der Waals surface area contributed by atoms with Gasteiger partial charge in [0.15, 0.2) is 0 Å². The first-order valence-electron chi connectivity index (χ1n) is 8.22. The Balaban J connectivity index is 1.57. The molecule has 1 heterocycles. The van der Waals surface area contributed by atoms with Crippen LogP contribution in [-0.2, 0) is 13.1 Å². The van der Waals surface area contributed by atoms with Crippen molar-refractivity contribution in [1.82, 2.24) is 15.1 Å². The molecule has 0 saturated heterocycles. The lowest BCUT2D eigenvalue weighted by Crippen LogP contribution is -2.23. The van der Waals surface area contributed by atoms with Gasteiger partial charge in [-0.2, -0.15) is 5.10 Å². The monoisotopic (exact) mass is 334 g/mol. The molecule has 3 aromatic rings. The van der Waals surface area contributed by atoms with Crippen molar-refractivity contribution in [1.29, 1.82) is 0 Å². The van der Waals surface area contributed by atoms with Crippen LogP contribution in [0, 0.1) is 0 Å². The Morgan fingerprint density at radius 1 is 1.08 bits per heavy atom. The first kappa shape index (κ1) is 16.8. The molecule has 3 rings (SSSR count). The molecular formula is C20H22N4O. The summed E-state index contributed by atoms with van der Waals surface area (Å²) in [6.45, 7) is 1.25. The van der Waals surface area contributed by atoms with Gasteiger partial charge in [0.25, 0.3) is 5.91 Å². The molecule has 0 saturated carbocycles. The number of amides is 1. The molecule has 5 heteroatoms. The van der Waals surface area contributed by atoms with Crippen molar-refractivity contribution in [2.75, 3.05) is 19.0 Å². The van der Waals surface area contributed by atoms with Crippen molar-refractivity contribution < 1.29 is 4.79 Å². The normalized spacial score (nSPS) is 10.5. The molecule has 1 amide bonds. The minimum atomic E-state index is -0.0654. The predicted molar refractivity (Wildman–Crippen MR) is 99.7 cm³/mol. The second-order valence-corrected chi connectivity index (χ2v) is 6.15. The molecule has 0 spiro atoms. The van der Waals surface area contributed by atoms with Gasteiger partial charge in [0, 0.05) is 44.3 Å². The predicted octanol–water partition coefficient (Wildman–Crippen LogP) is 2.93. The van der Waals surface area contributed by atoms with Crippen molar-refractivity contribution in [3.63, 3.8) is 0 Å². The lowest BCUT2D eigenvalue weighted by atomic mass is 10.1. The van der Waals surface area contributed by atoms with Gasteiger partial charge in [0.05, 0.1) is 6.54 Å². The van der Waals surface area contributed by atoms with Crippen LogP contribution in [0.2, 0.25) is 0 Å². The first-order valence-corrected chi connectivity index (χ1v) is 8.22. The van der Waals surface area contributed by atoms with E-state index in [-0.39, 0.29) is 5.91 Å². The van der Waals surface area contributed by atoms with E-state index in [0.717, 1.165) is 17.8 Å². The van der Waals surface area contributed by atoms with E-state index in [1.54, 1.807) is 6.20 Å². The summed E-state index contributed by atoms with van der Waals surface area (Å²) in [4.78, 5) is 14.3. The molecule has 1 N–H and O–H groups in total. The van der Waals surface area contributed by atoms with Crippen molar-refractivity contribution in [3.05, 3.63) is 83.7 Å². The van der Waals surface area contributed by atoms with Gasteiger partial charge in [-0.3, -0.25) is 9.48 Å². The highest BCUT2D eigenvalue weighted by atomic mass is 16.1. The van der Waals surface area contributed by atoms with Crippen LogP contribution in [0.15, 0.2) is 67.0 Å². The van der Waals surface area contributed by atoms with Crippen LogP contribution in [0.25, 0.3) is 0 Å². The number of rotatable bonds is 6. The number of nitrogens with one attached hydrogen (secondary N) is 1. The quantitative estimate of drug-likeness (QED) is 0.754. The van der Waals surface area contributed by atoms with E-state index in [4.69, 9.17) is 0 Å². The van der Waals surface area contributed by atoms with Gasteiger partial charge in [-0.25, -0.2) is 0 Å². The van der Waals surface area contributed by atoms with Crippen LogP contribution in [0.4, 0.5) is 5.69 Å². The fourth-order valence-corrected chi connectivity index (χ4v) is 2.55. The van der Waals surface area contributed by atoms with Crippen molar-refractivity contribution in [2.24, 2.45) is 0 Å². The van der Waals surface area contributed by atoms with E-state index in [1.807, 2.05) is 72.3 Å². The van der Waals surface area contributed by atoms with E-state index in [9.17, 15) is 4.79 Å². The maximum Gasteiger partial charge on any atom is 0.251 e. The molecule has 25 heavy (non-hydrogen) atoms. The fourth-order valence-electron chi connectivity index (χ4n) is 2.55. The summed E-state index contributed by atoms with van der Waals surface area (Å²) in [5.41, 5.74) is 3.93. The van der Waals surface area contributed by atoms with Gasteiger partial charge >= 0.3 is 0 Å². The summed E-state index contributed by atoms with van der Waals surface area (Å²) in [7, 11) is 3.92. The maximum absolute atomic E-state index is 12.3. The fraction of sp³-hybridized carbons (Fsp3) is 0.200. The smallest absolute Gasteiger partial charge is 0.251 e. The van der Waals surface area contributed by atoms with Gasteiger partial charge in [-0.05, 0) is 35.4 Å². The number of hydrogen-bond acceptors (Lipinski definition) is 3. The average Bonchev–Trinajstić information content (AvgIpc) is 3.14. The lowest BCUT2D eigenvalue weighted by Gasteiger charge is -2.13. The van der Waals surface area contributed by atoms with Crippen LogP contribution < -0.4 is 10.2 Å². The maximum atomic E-state index is 12.3. The number of carbonyl (C=O) groups is 1. The Hall–Kier alpha value is -3.08. The summed E-state index contributed by atoms with van der Waals surface area (Å²) in [6, 6.07) is 17.7. The molecule has 0 radical (unpaired) electrons. The Bertz CT molecular complexity index is 823. The molecule has 5 nitrogen and oxygen atoms in total. The first-order chi connectivity index (χ1) is 12.1. The second kappa shape index (κ2) is 7.66. The van der Waals surface area contributed by atoms with Gasteiger partial charge in [0.2, 0.25) is 0 Å². The summed E-state index contributed by atoms with van der Waals surface area (Å²) < 4.78 is 1.88. The SMILES string of the molecule is CN(C)c1cccc(C(=O)NCc2ccc(Cn3cccn3)cc2)c1. The van der Waals surface area contributed by atoms with E-state index < -0.39 is 0 Å². The molecule has 0 aliphatic carbocycles. The van der Waals surface area contributed by atoms with E-state index in [1.165, 1.54) is 5.56 Å². The van der Waals surface area contributed by atoms with Crippen molar-refractivity contribution in [2.45, 2.75) is 13.1 Å². The van der Waals surface area contributed by atoms with E-state index >= 15 is 0 Å². The summed E-state index contributed by atoms with van der Waals surface area (Å²) >= 11 is 0. The van der Waals surface area contributed by atoms with Gasteiger partial charge < -0.3 is 10.2 Å². The zero-order chi connectivity index (χ0) is 17.6. The van der Waals surface area contributed by atoms with Gasteiger partial charge in [-0.1, -0.05) is 30.3 Å². The number of anilines is 1. The standard InChI is InChI=1S/C20H22N4O/c1-23(2)19-6-3-5-18(13-19)20(25)21-14-16-7-9-17(10-8-16)15-24-12-4-11-22-24/h3-13H,14-15H2,1-2H3,(H,21,25). The van der Waals surface area contributed by atoms with Crippen LogP contribution in [0.3, 0.4) is 0 Å². The van der Waals surface area contributed by atoms with E-state index in [0.29, 0.717) is 12.1 Å². The number of carbonyl (C=O) groups excluding carboxylic acids is 1. The minimum Gasteiger partial charge on any atom is -0.378 e. The second-order valence-electron chi connectivity index (χ2n) is 6.15. The highest BCUT2D eigenvalue weighted by Gasteiger charge is 2.07. The minimum absolute atomic E-state index is 0.0654. The molecule has 0 bridgehead atoms. The lowest BCUT2D eigenvalue weighted by molar-refractivity contribution is 0.0951. The van der Waals surface area contributed by atoms with Crippen LogP contribution in [0.5, 0.6) is 0 Å². The molecule has 0 aliphatic rings. The molecule has 1 aromatic heterocycles. The summed E-state index contributed by atoms with van der Waals surface area (Å²) in [5, 5.41) is 7.17. The third kappa shape index (κ3) is 4.47. The van der Waals surface area contributed by atoms with Crippen LogP contribution in [0.1, 0.15) is 21.5 Å². The van der Waals surface area contributed by atoms with Crippen molar-refractivity contribution in [3.8, 4) is 0 Å². The van der Waals surface area contributed by atoms with Crippen molar-refractivity contribution >= 4 is 11.6 Å². The largest absolute Gasteiger partial charge is 0.378 e. The molecule has 2 aromatic carbocycles. The third-order valence-electron chi connectivity index (χ3n) is 4.00. The molecule has 0 unspecified atom stereocenters. The molecule has 0 atom stereocenters. The Morgan fingerprint density at radius 3 is 2.52 bits per heavy atom. The topological polar surface area (TPSA) is 50.2 Å².